The molecule has 206 valence electrons. The van der Waals surface area contributed by atoms with Gasteiger partial charge in [-0.2, -0.15) is 0 Å². The number of piperazine rings is 1. The lowest BCUT2D eigenvalue weighted by Gasteiger charge is -2.37. The molecule has 3 aliphatic heterocycles. The van der Waals surface area contributed by atoms with Crippen molar-refractivity contribution in [2.45, 2.75) is 38.5 Å². The van der Waals surface area contributed by atoms with Gasteiger partial charge in [-0.3, -0.25) is 14.5 Å². The van der Waals surface area contributed by atoms with E-state index in [0.717, 1.165) is 29.7 Å². The topological polar surface area (TPSA) is 80.1 Å². The van der Waals surface area contributed by atoms with E-state index in [1.807, 2.05) is 44.7 Å². The molecule has 0 bridgehead atoms. The smallest absolute Gasteiger partial charge is 0.270 e. The third-order valence-corrected chi connectivity index (χ3v) is 8.40. The monoisotopic (exact) mass is 551 g/mol. The average molecular weight is 552 g/mol. The van der Waals surface area contributed by atoms with Crippen LogP contribution in [0.1, 0.15) is 47.5 Å². The van der Waals surface area contributed by atoms with Crippen LogP contribution in [0.3, 0.4) is 0 Å². The summed E-state index contributed by atoms with van der Waals surface area (Å²) in [6.07, 6.45) is 2.91. The highest BCUT2D eigenvalue weighted by Crippen LogP contribution is 2.33. The number of piperidine rings is 1. The number of likely N-dealkylation sites (tertiary alicyclic amines) is 1. The molecule has 2 amide bonds. The van der Waals surface area contributed by atoms with Crippen LogP contribution in [0.25, 0.3) is 16.6 Å². The van der Waals surface area contributed by atoms with Gasteiger partial charge in [-0.15, -0.1) is 0 Å². The number of ether oxygens (including phenoxy) is 2. The summed E-state index contributed by atoms with van der Waals surface area (Å²) in [6.45, 7) is 9.81. The molecule has 5 heterocycles. The summed E-state index contributed by atoms with van der Waals surface area (Å²) < 4.78 is 13.6. The second-order valence-corrected chi connectivity index (χ2v) is 11.2. The fourth-order valence-electron chi connectivity index (χ4n) is 5.94. The van der Waals surface area contributed by atoms with E-state index < -0.39 is 5.79 Å². The van der Waals surface area contributed by atoms with Gasteiger partial charge in [-0.05, 0) is 50.2 Å². The normalized spacial score (nSPS) is 19.9. The Morgan fingerprint density at radius 2 is 1.59 bits per heavy atom. The van der Waals surface area contributed by atoms with Crippen LogP contribution in [0.4, 0.5) is 0 Å². The molecule has 3 fully saturated rings. The van der Waals surface area contributed by atoms with Crippen LogP contribution in [0.5, 0.6) is 0 Å². The van der Waals surface area contributed by atoms with Crippen molar-refractivity contribution < 1.29 is 19.1 Å². The van der Waals surface area contributed by atoms with Crippen LogP contribution in [-0.2, 0) is 9.47 Å². The lowest BCUT2D eigenvalue weighted by atomic mass is 10.0. The van der Waals surface area contributed by atoms with E-state index in [0.29, 0.717) is 74.7 Å². The van der Waals surface area contributed by atoms with E-state index in [4.69, 9.17) is 21.1 Å². The van der Waals surface area contributed by atoms with E-state index in [1.165, 1.54) is 0 Å². The first-order chi connectivity index (χ1) is 18.8. The summed E-state index contributed by atoms with van der Waals surface area (Å²) in [6, 6.07) is 11.6. The molecule has 0 N–H and O–H groups in total. The molecule has 2 aromatic heterocycles. The van der Waals surface area contributed by atoms with Crippen LogP contribution in [0.2, 0.25) is 5.15 Å². The lowest BCUT2D eigenvalue weighted by Crippen LogP contribution is -2.50. The van der Waals surface area contributed by atoms with Gasteiger partial charge in [-0.25, -0.2) is 4.98 Å². The first-order valence-electron chi connectivity index (χ1n) is 13.7. The Hall–Kier alpha value is -2.98. The van der Waals surface area contributed by atoms with Gasteiger partial charge in [0.05, 0.1) is 24.4 Å². The number of halogens is 1. The highest BCUT2D eigenvalue weighted by molar-refractivity contribution is 6.29. The van der Waals surface area contributed by atoms with Gasteiger partial charge < -0.3 is 23.8 Å². The van der Waals surface area contributed by atoms with Crippen molar-refractivity contribution in [2.24, 2.45) is 0 Å². The van der Waals surface area contributed by atoms with E-state index in [2.05, 4.69) is 23.7 Å². The minimum Gasteiger partial charge on any atom is -0.347 e. The number of nitrogens with zero attached hydrogens (tertiary/aromatic N) is 5. The molecule has 0 radical (unpaired) electrons. The molecule has 3 aliphatic rings. The van der Waals surface area contributed by atoms with Gasteiger partial charge in [0.2, 0.25) is 0 Å². The summed E-state index contributed by atoms with van der Waals surface area (Å²) in [5, 5.41) is 1.17. The maximum atomic E-state index is 13.9. The maximum absolute atomic E-state index is 13.9. The fraction of sp³-hybridized carbons (Fsp3) is 0.483. The van der Waals surface area contributed by atoms with Crippen LogP contribution >= 0.6 is 11.6 Å². The Labute approximate surface area is 233 Å². The molecule has 1 spiro atoms. The lowest BCUT2D eigenvalue weighted by molar-refractivity contribution is -0.181. The van der Waals surface area contributed by atoms with E-state index in [1.54, 1.807) is 12.3 Å². The molecule has 3 aromatic rings. The van der Waals surface area contributed by atoms with E-state index in [-0.39, 0.29) is 11.8 Å². The number of carbonyl (C=O) groups is 2. The summed E-state index contributed by atoms with van der Waals surface area (Å²) in [4.78, 5) is 37.6. The maximum Gasteiger partial charge on any atom is 0.270 e. The molecule has 0 saturated carbocycles. The summed E-state index contributed by atoms with van der Waals surface area (Å²) in [7, 11) is 0. The first-order valence-corrected chi connectivity index (χ1v) is 14.1. The van der Waals surface area contributed by atoms with E-state index in [9.17, 15) is 9.59 Å². The van der Waals surface area contributed by atoms with Crippen LogP contribution in [0.15, 0.2) is 42.6 Å². The van der Waals surface area contributed by atoms with E-state index >= 15 is 0 Å². The molecule has 3 saturated heterocycles. The summed E-state index contributed by atoms with van der Waals surface area (Å²) in [5.41, 5.74) is 2.72. The van der Waals surface area contributed by atoms with Gasteiger partial charge in [0.15, 0.2) is 5.79 Å². The summed E-state index contributed by atoms with van der Waals surface area (Å²) in [5.74, 6) is -0.617. The van der Waals surface area contributed by atoms with Crippen LogP contribution < -0.4 is 0 Å². The number of benzene rings is 1. The van der Waals surface area contributed by atoms with Crippen molar-refractivity contribution in [3.63, 3.8) is 0 Å². The number of carbonyl (C=O) groups excluding carboxylic acids is 2. The molecule has 0 atom stereocenters. The van der Waals surface area contributed by atoms with Crippen molar-refractivity contribution in [2.75, 3.05) is 52.5 Å². The Balaban J connectivity index is 1.31. The van der Waals surface area contributed by atoms with Crippen molar-refractivity contribution in [1.82, 2.24) is 24.3 Å². The molecule has 6 rings (SSSR count). The van der Waals surface area contributed by atoms with Gasteiger partial charge >= 0.3 is 0 Å². The summed E-state index contributed by atoms with van der Waals surface area (Å²) >= 11 is 6.24. The van der Waals surface area contributed by atoms with Gasteiger partial charge in [0.25, 0.3) is 11.8 Å². The quantitative estimate of drug-likeness (QED) is 0.459. The van der Waals surface area contributed by atoms with Crippen LogP contribution in [-0.4, -0.2) is 100 Å². The molecule has 1 aromatic carbocycles. The number of rotatable bonds is 4. The standard InChI is InChI=1S/C29H34ClN5O4/c1-20(2)32-11-13-34(14-12-32)27(36)21-3-4-24-22(17-21)18-25(35(24)23-5-8-31-26(30)19-23)28(37)33-9-6-29(7-10-33)38-15-16-39-29/h3-5,8,17-20H,6-7,9-16H2,1-2H3. The van der Waals surface area contributed by atoms with Crippen molar-refractivity contribution in [1.29, 1.82) is 0 Å². The minimum atomic E-state index is -0.558. The van der Waals surface area contributed by atoms with Crippen molar-refractivity contribution in [3.05, 3.63) is 59.0 Å². The van der Waals surface area contributed by atoms with Gasteiger partial charge in [0, 0.05) is 75.3 Å². The number of hydrogen-bond donors (Lipinski definition) is 0. The third kappa shape index (κ3) is 5.04. The van der Waals surface area contributed by atoms with Gasteiger partial charge in [-0.1, -0.05) is 11.6 Å². The Bertz CT molecular complexity index is 1380. The number of aromatic nitrogens is 2. The zero-order valence-electron chi connectivity index (χ0n) is 22.4. The minimum absolute atomic E-state index is 0.0192. The Kier molecular flexibility index (Phi) is 7.09. The van der Waals surface area contributed by atoms with Crippen molar-refractivity contribution in [3.8, 4) is 5.69 Å². The number of amides is 2. The average Bonchev–Trinajstić information content (AvgIpc) is 3.57. The predicted octanol–water partition coefficient (Wildman–Crippen LogP) is 3.82. The number of fused-ring (bicyclic) bond motifs is 1. The molecule has 9 nitrogen and oxygen atoms in total. The number of pyridine rings is 1. The second kappa shape index (κ2) is 10.5. The zero-order chi connectivity index (χ0) is 27.1. The van der Waals surface area contributed by atoms with Crippen molar-refractivity contribution >= 4 is 34.3 Å². The van der Waals surface area contributed by atoms with Crippen LogP contribution in [0, 0.1) is 0 Å². The Morgan fingerprint density at radius 1 is 0.897 bits per heavy atom. The fourth-order valence-corrected chi connectivity index (χ4v) is 6.11. The van der Waals surface area contributed by atoms with Gasteiger partial charge in [0.1, 0.15) is 10.8 Å². The molecule has 0 aliphatic carbocycles. The SMILES string of the molecule is CC(C)N1CCN(C(=O)c2ccc3c(c2)cc(C(=O)N2CCC4(CC2)OCCO4)n3-c2ccnc(Cl)c2)CC1. The second-order valence-electron chi connectivity index (χ2n) is 10.8. The zero-order valence-corrected chi connectivity index (χ0v) is 23.2. The molecular weight excluding hydrogens is 518 g/mol. The molecule has 39 heavy (non-hydrogen) atoms. The number of hydrogen-bond acceptors (Lipinski definition) is 6. The first kappa shape index (κ1) is 26.3. The Morgan fingerprint density at radius 3 is 2.26 bits per heavy atom. The third-order valence-electron chi connectivity index (χ3n) is 8.19. The molecular formula is C29H34ClN5O4. The highest BCUT2D eigenvalue weighted by atomic mass is 35.5. The largest absolute Gasteiger partial charge is 0.347 e. The highest BCUT2D eigenvalue weighted by Gasteiger charge is 2.41. The molecule has 10 heteroatoms. The predicted molar refractivity (Wildman–Crippen MR) is 148 cm³/mol. The molecule has 0 unspecified atom stereocenters.